The average Bonchev–Trinajstić information content (AvgIpc) is 2.47. The highest BCUT2D eigenvalue weighted by Crippen LogP contribution is 2.42. The second kappa shape index (κ2) is 8.95. The molecule has 0 N–H and O–H groups in total. The lowest BCUT2D eigenvalue weighted by Gasteiger charge is -2.42. The van der Waals surface area contributed by atoms with Crippen LogP contribution in [-0.4, -0.2) is 18.8 Å². The summed E-state index contributed by atoms with van der Waals surface area (Å²) in [6, 6.07) is 0. The molecule has 4 heteroatoms. The van der Waals surface area contributed by atoms with Crippen LogP contribution in [0.5, 0.6) is 0 Å². The third kappa shape index (κ3) is 4.84. The van der Waals surface area contributed by atoms with E-state index in [1.54, 1.807) is 0 Å². The van der Waals surface area contributed by atoms with Gasteiger partial charge in [-0.15, -0.1) is 6.42 Å². The van der Waals surface area contributed by atoms with Gasteiger partial charge in [0, 0.05) is 11.5 Å². The Balaban J connectivity index is 3.14. The molecule has 1 rings (SSSR count). The Bertz CT molecular complexity index is 440. The quantitative estimate of drug-likeness (QED) is 0.583. The van der Waals surface area contributed by atoms with Crippen molar-refractivity contribution in [3.8, 4) is 12.3 Å². The topological polar surface area (TPSA) is 18.5 Å². The monoisotopic (exact) mass is 312 g/mol. The van der Waals surface area contributed by atoms with Crippen molar-refractivity contribution >= 4 is 0 Å². The minimum Gasteiger partial charge on any atom is -0.479 e. The maximum atomic E-state index is 12.4. The predicted octanol–water partition coefficient (Wildman–Crippen LogP) is 5.06. The van der Waals surface area contributed by atoms with Crippen LogP contribution in [0.2, 0.25) is 0 Å². The molecule has 0 aliphatic carbocycles. The van der Waals surface area contributed by atoms with Gasteiger partial charge in [-0.25, -0.2) is 0 Å². The molecular formula is C18H26F2O2. The lowest BCUT2D eigenvalue weighted by atomic mass is 9.78. The Morgan fingerprint density at radius 1 is 1.41 bits per heavy atom. The van der Waals surface area contributed by atoms with Crippen molar-refractivity contribution in [2.75, 3.05) is 6.61 Å². The first-order chi connectivity index (χ1) is 10.5. The van der Waals surface area contributed by atoms with Crippen molar-refractivity contribution in [1.29, 1.82) is 0 Å². The molecule has 22 heavy (non-hydrogen) atoms. The van der Waals surface area contributed by atoms with E-state index in [1.807, 2.05) is 19.1 Å². The molecular weight excluding hydrogens is 286 g/mol. The van der Waals surface area contributed by atoms with Crippen LogP contribution >= 0.6 is 0 Å². The van der Waals surface area contributed by atoms with E-state index in [0.29, 0.717) is 12.2 Å². The van der Waals surface area contributed by atoms with Gasteiger partial charge in [0.2, 0.25) is 0 Å². The number of ether oxygens (including phenoxy) is 2. The van der Waals surface area contributed by atoms with Gasteiger partial charge in [-0.1, -0.05) is 38.8 Å². The number of allylic oxidation sites excluding steroid dienone is 3. The van der Waals surface area contributed by atoms with E-state index in [0.717, 1.165) is 31.3 Å². The Labute approximate surface area is 132 Å². The van der Waals surface area contributed by atoms with Gasteiger partial charge in [0.1, 0.15) is 5.60 Å². The molecule has 0 aromatic heterocycles. The molecule has 0 aromatic carbocycles. The summed E-state index contributed by atoms with van der Waals surface area (Å²) >= 11 is 0. The van der Waals surface area contributed by atoms with E-state index in [4.69, 9.17) is 11.2 Å². The van der Waals surface area contributed by atoms with Gasteiger partial charge in [-0.3, -0.25) is 0 Å². The van der Waals surface area contributed by atoms with Crippen LogP contribution in [0.15, 0.2) is 23.5 Å². The maximum absolute atomic E-state index is 12.4. The highest BCUT2D eigenvalue weighted by molar-refractivity contribution is 5.37. The second-order valence-corrected chi connectivity index (χ2v) is 5.71. The summed E-state index contributed by atoms with van der Waals surface area (Å²) in [5, 5.41) is 0. The summed E-state index contributed by atoms with van der Waals surface area (Å²) in [6.07, 6.45) is 13.6. The van der Waals surface area contributed by atoms with Gasteiger partial charge >= 0.3 is 6.61 Å². The van der Waals surface area contributed by atoms with Crippen molar-refractivity contribution in [2.24, 2.45) is 5.92 Å². The van der Waals surface area contributed by atoms with E-state index in [2.05, 4.69) is 24.5 Å². The molecule has 0 fully saturated rings. The van der Waals surface area contributed by atoms with Gasteiger partial charge in [-0.05, 0) is 32.1 Å². The van der Waals surface area contributed by atoms with Crippen molar-refractivity contribution in [3.05, 3.63) is 23.5 Å². The molecule has 1 atom stereocenters. The molecule has 2 nitrogen and oxygen atoms in total. The fourth-order valence-electron chi connectivity index (χ4n) is 3.25. The van der Waals surface area contributed by atoms with Crippen LogP contribution in [0, 0.1) is 18.3 Å². The van der Waals surface area contributed by atoms with Crippen molar-refractivity contribution < 1.29 is 18.3 Å². The maximum Gasteiger partial charge on any atom is 0.345 e. The lowest BCUT2D eigenvalue weighted by Crippen LogP contribution is -2.40. The van der Waals surface area contributed by atoms with Crippen LogP contribution < -0.4 is 0 Å². The molecule has 0 bridgehead atoms. The number of alkyl halides is 2. The zero-order chi connectivity index (χ0) is 16.6. The van der Waals surface area contributed by atoms with Gasteiger partial charge in [0.15, 0.2) is 5.76 Å². The summed E-state index contributed by atoms with van der Waals surface area (Å²) in [5.41, 5.74) is 0.417. The fraction of sp³-hybridized carbons (Fsp3) is 0.667. The Hall–Kier alpha value is -1.34. The van der Waals surface area contributed by atoms with Crippen LogP contribution in [0.25, 0.3) is 0 Å². The van der Waals surface area contributed by atoms with Crippen LogP contribution in [-0.2, 0) is 9.47 Å². The van der Waals surface area contributed by atoms with Gasteiger partial charge < -0.3 is 9.47 Å². The fourth-order valence-corrected chi connectivity index (χ4v) is 3.25. The standard InChI is InChI=1S/C18H26F2O2/c1-5-9-15-14(13-21-17(19)20)12-18(10-6-2,11-7-3)22-16(15)8-4/h4-5,9,14,17H,6-7,10-13H2,1-3H3/b9-5-. The average molecular weight is 312 g/mol. The highest BCUT2D eigenvalue weighted by Gasteiger charge is 2.40. The zero-order valence-corrected chi connectivity index (χ0v) is 13.7. The molecule has 124 valence electrons. The highest BCUT2D eigenvalue weighted by atomic mass is 19.3. The SMILES string of the molecule is C#CC1=C(/C=C\C)C(COC(F)F)CC(CCC)(CCC)O1. The van der Waals surface area contributed by atoms with Gasteiger partial charge in [-0.2, -0.15) is 8.78 Å². The number of hydrogen-bond donors (Lipinski definition) is 0. The van der Waals surface area contributed by atoms with Crippen molar-refractivity contribution in [2.45, 2.75) is 65.1 Å². The van der Waals surface area contributed by atoms with Crippen LogP contribution in [0.3, 0.4) is 0 Å². The lowest BCUT2D eigenvalue weighted by molar-refractivity contribution is -0.144. The Morgan fingerprint density at radius 2 is 2.05 bits per heavy atom. The number of hydrogen-bond acceptors (Lipinski definition) is 2. The van der Waals surface area contributed by atoms with E-state index < -0.39 is 6.61 Å². The molecule has 0 saturated carbocycles. The molecule has 0 saturated heterocycles. The third-order valence-corrected chi connectivity index (χ3v) is 3.95. The number of halogens is 2. The summed E-state index contributed by atoms with van der Waals surface area (Å²) in [7, 11) is 0. The minimum absolute atomic E-state index is 0.0406. The van der Waals surface area contributed by atoms with E-state index in [9.17, 15) is 8.78 Å². The first-order valence-corrected chi connectivity index (χ1v) is 7.94. The second-order valence-electron chi connectivity index (χ2n) is 5.71. The normalized spacial score (nSPS) is 21.2. The molecule has 0 aromatic rings. The van der Waals surface area contributed by atoms with Crippen LogP contribution in [0.4, 0.5) is 8.78 Å². The van der Waals surface area contributed by atoms with Crippen molar-refractivity contribution in [3.63, 3.8) is 0 Å². The summed E-state index contributed by atoms with van der Waals surface area (Å²) in [4.78, 5) is 0. The molecule has 0 radical (unpaired) electrons. The predicted molar refractivity (Wildman–Crippen MR) is 84.4 cm³/mol. The molecule has 0 spiro atoms. The van der Waals surface area contributed by atoms with E-state index in [-0.39, 0.29) is 18.1 Å². The molecule has 0 amide bonds. The third-order valence-electron chi connectivity index (χ3n) is 3.95. The Kier molecular flexibility index (Phi) is 7.61. The largest absolute Gasteiger partial charge is 0.479 e. The first kappa shape index (κ1) is 18.7. The summed E-state index contributed by atoms with van der Waals surface area (Å²) in [5.74, 6) is 2.89. The van der Waals surface area contributed by atoms with E-state index >= 15 is 0 Å². The van der Waals surface area contributed by atoms with Crippen LogP contribution in [0.1, 0.15) is 52.9 Å². The molecule has 1 heterocycles. The molecule has 1 aliphatic rings. The smallest absolute Gasteiger partial charge is 0.345 e. The number of rotatable bonds is 8. The Morgan fingerprint density at radius 3 is 2.50 bits per heavy atom. The number of terminal acetylenes is 1. The minimum atomic E-state index is -2.77. The zero-order valence-electron chi connectivity index (χ0n) is 13.7. The molecule has 1 unspecified atom stereocenters. The van der Waals surface area contributed by atoms with Gasteiger partial charge in [0.25, 0.3) is 0 Å². The molecule has 1 aliphatic heterocycles. The summed E-state index contributed by atoms with van der Waals surface area (Å²) < 4.78 is 35.6. The summed E-state index contributed by atoms with van der Waals surface area (Å²) in [6.45, 7) is 3.24. The van der Waals surface area contributed by atoms with Crippen molar-refractivity contribution in [1.82, 2.24) is 0 Å². The van der Waals surface area contributed by atoms with Gasteiger partial charge in [0.05, 0.1) is 6.61 Å². The first-order valence-electron chi connectivity index (χ1n) is 7.94. The van der Waals surface area contributed by atoms with E-state index in [1.165, 1.54) is 0 Å².